The number of hydrogen-bond donors (Lipinski definition) is 1. The monoisotopic (exact) mass is 241 g/mol. The van der Waals surface area contributed by atoms with Crippen LogP contribution in [0.2, 0.25) is 0 Å². The molecule has 1 amide bonds. The Balaban J connectivity index is 2.39. The van der Waals surface area contributed by atoms with Gasteiger partial charge in [0.2, 0.25) is 0 Å². The highest BCUT2D eigenvalue weighted by Gasteiger charge is 2.46. The minimum Gasteiger partial charge on any atom is -0.443 e. The average Bonchev–Trinajstić information content (AvgIpc) is 2.20. The summed E-state index contributed by atoms with van der Waals surface area (Å²) >= 11 is 0. The van der Waals surface area contributed by atoms with Crippen molar-refractivity contribution in [2.45, 2.75) is 25.8 Å². The highest BCUT2D eigenvalue weighted by Crippen LogP contribution is 2.35. The molecule has 1 heterocycles. The van der Waals surface area contributed by atoms with Gasteiger partial charge in [-0.1, -0.05) is 29.3 Å². The number of ether oxygens (including phenoxy) is 1. The molecule has 1 fully saturated rings. The van der Waals surface area contributed by atoms with E-state index in [1.54, 1.807) is 12.1 Å². The molecule has 0 unspecified atom stereocenters. The fourth-order valence-electron chi connectivity index (χ4n) is 2.01. The third-order valence-electron chi connectivity index (χ3n) is 2.66. The second-order valence-electron chi connectivity index (χ2n) is 4.34. The number of alkyl carbamates (subject to hydrolysis) is 1. The Morgan fingerprint density at radius 1 is 1.29 bits per heavy atom. The molecule has 92 valence electrons. The maximum Gasteiger partial charge on any atom is 0.408 e. The Bertz CT molecular complexity index is 440. The van der Waals surface area contributed by atoms with Crippen LogP contribution in [0.4, 0.5) is 13.6 Å². The van der Waals surface area contributed by atoms with Gasteiger partial charge in [-0.25, -0.2) is 13.6 Å². The van der Waals surface area contributed by atoms with Crippen LogP contribution in [0.15, 0.2) is 18.2 Å². The van der Waals surface area contributed by atoms with Gasteiger partial charge in [0.15, 0.2) is 6.61 Å². The van der Waals surface area contributed by atoms with Gasteiger partial charge in [0.1, 0.15) is 6.04 Å². The fourth-order valence-corrected chi connectivity index (χ4v) is 2.01. The van der Waals surface area contributed by atoms with Crippen LogP contribution in [0.3, 0.4) is 0 Å². The fraction of sp³-hybridized carbons (Fsp3) is 0.417. The van der Waals surface area contributed by atoms with E-state index < -0.39 is 24.7 Å². The zero-order valence-electron chi connectivity index (χ0n) is 9.59. The third kappa shape index (κ3) is 2.38. The van der Waals surface area contributed by atoms with Crippen molar-refractivity contribution in [1.82, 2.24) is 5.32 Å². The van der Waals surface area contributed by atoms with E-state index in [1.807, 2.05) is 19.9 Å². The highest BCUT2D eigenvalue weighted by molar-refractivity contribution is 5.69. The Hall–Kier alpha value is -1.65. The van der Waals surface area contributed by atoms with Crippen molar-refractivity contribution >= 4 is 6.09 Å². The topological polar surface area (TPSA) is 38.3 Å². The smallest absolute Gasteiger partial charge is 0.408 e. The molecule has 3 nitrogen and oxygen atoms in total. The second-order valence-corrected chi connectivity index (χ2v) is 4.34. The summed E-state index contributed by atoms with van der Waals surface area (Å²) in [6.45, 7) is 2.78. The van der Waals surface area contributed by atoms with Crippen LogP contribution < -0.4 is 5.32 Å². The van der Waals surface area contributed by atoms with E-state index in [1.165, 1.54) is 0 Å². The number of carbonyl (C=O) groups excluding carboxylic acids is 1. The molecular formula is C12H13F2NO2. The number of benzene rings is 1. The van der Waals surface area contributed by atoms with Crippen LogP contribution in [-0.4, -0.2) is 18.6 Å². The molecule has 17 heavy (non-hydrogen) atoms. The molecule has 1 aliphatic heterocycles. The van der Waals surface area contributed by atoms with Crippen molar-refractivity contribution in [3.8, 4) is 0 Å². The molecule has 1 saturated heterocycles. The number of carbonyl (C=O) groups is 1. The number of aryl methyl sites for hydroxylation is 2. The Labute approximate surface area is 97.8 Å². The SMILES string of the molecule is Cc1cc(C)cc([C@@H]2NC(=O)OCC2(F)F)c1. The van der Waals surface area contributed by atoms with Gasteiger partial charge in [0.05, 0.1) is 0 Å². The molecule has 0 aromatic heterocycles. The van der Waals surface area contributed by atoms with Gasteiger partial charge < -0.3 is 10.1 Å². The van der Waals surface area contributed by atoms with Crippen LogP contribution >= 0.6 is 0 Å². The summed E-state index contributed by atoms with van der Waals surface area (Å²) in [4.78, 5) is 11.0. The van der Waals surface area contributed by atoms with Crippen molar-refractivity contribution in [2.75, 3.05) is 6.61 Å². The second kappa shape index (κ2) is 3.98. The number of halogens is 2. The first-order valence-corrected chi connectivity index (χ1v) is 5.28. The zero-order chi connectivity index (χ0) is 12.6. The number of alkyl halides is 2. The summed E-state index contributed by atoms with van der Waals surface area (Å²) in [7, 11) is 0. The van der Waals surface area contributed by atoms with Crippen molar-refractivity contribution in [3.05, 3.63) is 34.9 Å². The molecule has 2 rings (SSSR count). The first-order valence-electron chi connectivity index (χ1n) is 5.28. The van der Waals surface area contributed by atoms with E-state index in [0.29, 0.717) is 5.56 Å². The number of nitrogens with one attached hydrogen (secondary N) is 1. The summed E-state index contributed by atoms with van der Waals surface area (Å²) in [5.41, 5.74) is 2.18. The lowest BCUT2D eigenvalue weighted by Crippen LogP contribution is -2.49. The van der Waals surface area contributed by atoms with Crippen molar-refractivity contribution in [1.29, 1.82) is 0 Å². The lowest BCUT2D eigenvalue weighted by molar-refractivity contribution is -0.104. The molecule has 1 aromatic rings. The van der Waals surface area contributed by atoms with Gasteiger partial charge in [-0.05, 0) is 19.4 Å². The average molecular weight is 241 g/mol. The number of hydrogen-bond acceptors (Lipinski definition) is 2. The predicted molar refractivity (Wildman–Crippen MR) is 58.1 cm³/mol. The summed E-state index contributed by atoms with van der Waals surface area (Å²) in [6, 6.07) is 3.87. The van der Waals surface area contributed by atoms with Crippen LogP contribution in [0, 0.1) is 13.8 Å². The minimum absolute atomic E-state index is 0.407. The highest BCUT2D eigenvalue weighted by atomic mass is 19.3. The molecule has 0 saturated carbocycles. The maximum atomic E-state index is 13.7. The number of rotatable bonds is 1. The normalized spacial score (nSPS) is 22.8. The third-order valence-corrected chi connectivity index (χ3v) is 2.66. The molecule has 1 atom stereocenters. The molecule has 0 radical (unpaired) electrons. The van der Waals surface area contributed by atoms with Crippen LogP contribution in [0.1, 0.15) is 22.7 Å². The lowest BCUT2D eigenvalue weighted by atomic mass is 9.96. The van der Waals surface area contributed by atoms with Crippen LogP contribution in [0.25, 0.3) is 0 Å². The van der Waals surface area contributed by atoms with Gasteiger partial charge in [0.25, 0.3) is 0 Å². The molecule has 0 aliphatic carbocycles. The number of cyclic esters (lactones) is 1. The zero-order valence-corrected chi connectivity index (χ0v) is 9.59. The molecule has 0 spiro atoms. The first-order chi connectivity index (χ1) is 7.88. The summed E-state index contributed by atoms with van der Waals surface area (Å²) in [5.74, 6) is -3.09. The van der Waals surface area contributed by atoms with Crippen LogP contribution in [0.5, 0.6) is 0 Å². The van der Waals surface area contributed by atoms with Gasteiger partial charge in [0, 0.05) is 0 Å². The molecule has 1 N–H and O–H groups in total. The number of amides is 1. The predicted octanol–water partition coefficient (Wildman–Crippen LogP) is 2.72. The summed E-state index contributed by atoms with van der Waals surface area (Å²) in [6.07, 6.45) is -0.805. The molecule has 1 aliphatic rings. The molecule has 1 aromatic carbocycles. The summed E-state index contributed by atoms with van der Waals surface area (Å²) < 4.78 is 31.6. The molecule has 5 heteroatoms. The minimum atomic E-state index is -3.09. The van der Waals surface area contributed by atoms with Gasteiger partial charge >= 0.3 is 12.0 Å². The Morgan fingerprint density at radius 3 is 2.47 bits per heavy atom. The largest absolute Gasteiger partial charge is 0.443 e. The van der Waals surface area contributed by atoms with E-state index in [-0.39, 0.29) is 0 Å². The van der Waals surface area contributed by atoms with Crippen LogP contribution in [-0.2, 0) is 4.74 Å². The van der Waals surface area contributed by atoms with Gasteiger partial charge in [-0.3, -0.25) is 0 Å². The maximum absolute atomic E-state index is 13.7. The van der Waals surface area contributed by atoms with Crippen molar-refractivity contribution in [2.24, 2.45) is 0 Å². The Morgan fingerprint density at radius 2 is 1.88 bits per heavy atom. The molecule has 0 bridgehead atoms. The lowest BCUT2D eigenvalue weighted by Gasteiger charge is -2.32. The van der Waals surface area contributed by atoms with E-state index in [4.69, 9.17) is 0 Å². The van der Waals surface area contributed by atoms with E-state index in [9.17, 15) is 13.6 Å². The quantitative estimate of drug-likeness (QED) is 0.821. The van der Waals surface area contributed by atoms with Gasteiger partial charge in [-0.2, -0.15) is 0 Å². The molecular weight excluding hydrogens is 228 g/mol. The van der Waals surface area contributed by atoms with E-state index in [0.717, 1.165) is 11.1 Å². The van der Waals surface area contributed by atoms with E-state index in [2.05, 4.69) is 10.1 Å². The Kier molecular flexibility index (Phi) is 2.77. The van der Waals surface area contributed by atoms with E-state index >= 15 is 0 Å². The van der Waals surface area contributed by atoms with Crippen molar-refractivity contribution < 1.29 is 18.3 Å². The first kappa shape index (κ1) is 11.8. The van der Waals surface area contributed by atoms with Crippen molar-refractivity contribution in [3.63, 3.8) is 0 Å². The standard InChI is InChI=1S/C12H13F2NO2/c1-7-3-8(2)5-9(4-7)10-12(13,14)6-17-11(16)15-10/h3-5,10H,6H2,1-2H3,(H,15,16)/t10-/m0/s1. The summed E-state index contributed by atoms with van der Waals surface area (Å²) in [5, 5.41) is 2.17. The van der Waals surface area contributed by atoms with Gasteiger partial charge in [-0.15, -0.1) is 0 Å².